The van der Waals surface area contributed by atoms with Crippen molar-refractivity contribution in [1.29, 1.82) is 0 Å². The lowest BCUT2D eigenvalue weighted by atomic mass is 9.91. The van der Waals surface area contributed by atoms with Gasteiger partial charge < -0.3 is 15.6 Å². The van der Waals surface area contributed by atoms with Crippen LogP contribution in [0.25, 0.3) is 12.2 Å². The number of nitrogens with two attached hydrogens (primary N) is 1. The predicted molar refractivity (Wildman–Crippen MR) is 108 cm³/mol. The van der Waals surface area contributed by atoms with Gasteiger partial charge in [-0.1, -0.05) is 50.3 Å². The number of aromatic nitrogens is 2. The van der Waals surface area contributed by atoms with E-state index in [4.69, 9.17) is 10.5 Å². The molecule has 0 spiro atoms. The molecule has 0 aliphatic carbocycles. The summed E-state index contributed by atoms with van der Waals surface area (Å²) < 4.78 is 5.83. The lowest BCUT2D eigenvalue weighted by Gasteiger charge is -2.26. The van der Waals surface area contributed by atoms with Crippen molar-refractivity contribution in [3.63, 3.8) is 0 Å². The van der Waals surface area contributed by atoms with Gasteiger partial charge in [-0.05, 0) is 49.8 Å². The van der Waals surface area contributed by atoms with Crippen molar-refractivity contribution in [3.8, 4) is 5.75 Å². The zero-order chi connectivity index (χ0) is 19.2. The van der Waals surface area contributed by atoms with E-state index in [9.17, 15) is 5.11 Å². The molecule has 142 valence electrons. The number of hydrogen-bond acceptors (Lipinski definition) is 6. The van der Waals surface area contributed by atoms with Gasteiger partial charge in [0.1, 0.15) is 28.1 Å². The van der Waals surface area contributed by atoms with Crippen LogP contribution in [-0.4, -0.2) is 27.6 Å². The second kappa shape index (κ2) is 9.26. The molecule has 0 aliphatic rings. The molecular formula is C20H29N3O2S. The van der Waals surface area contributed by atoms with E-state index in [0.717, 1.165) is 22.0 Å². The van der Waals surface area contributed by atoms with Crippen LogP contribution in [0.2, 0.25) is 0 Å². The van der Waals surface area contributed by atoms with E-state index >= 15 is 0 Å². The molecule has 1 aromatic heterocycles. The minimum atomic E-state index is -1.34. The maximum Gasteiger partial charge on any atom is 0.147 e. The van der Waals surface area contributed by atoms with Crippen molar-refractivity contribution in [1.82, 2.24) is 10.2 Å². The largest absolute Gasteiger partial charge is 0.489 e. The highest BCUT2D eigenvalue weighted by molar-refractivity contribution is 7.12. The molecule has 0 fully saturated rings. The average molecular weight is 376 g/mol. The molecule has 2 aromatic rings. The van der Waals surface area contributed by atoms with E-state index in [2.05, 4.69) is 31.0 Å². The number of benzene rings is 1. The van der Waals surface area contributed by atoms with Crippen molar-refractivity contribution in [3.05, 3.63) is 39.8 Å². The molecule has 1 heterocycles. The molecule has 0 bridgehead atoms. The quantitative estimate of drug-likeness (QED) is 0.645. The smallest absolute Gasteiger partial charge is 0.147 e. The molecular weight excluding hydrogens is 346 g/mol. The van der Waals surface area contributed by atoms with E-state index in [0.29, 0.717) is 24.0 Å². The van der Waals surface area contributed by atoms with Gasteiger partial charge in [0.15, 0.2) is 0 Å². The number of para-hydroxylation sites is 1. The van der Waals surface area contributed by atoms with Gasteiger partial charge in [-0.25, -0.2) is 0 Å². The van der Waals surface area contributed by atoms with E-state index in [1.807, 2.05) is 43.3 Å². The van der Waals surface area contributed by atoms with Crippen LogP contribution in [0.3, 0.4) is 0 Å². The summed E-state index contributed by atoms with van der Waals surface area (Å²) in [4.78, 5) is 0. The molecule has 2 atom stereocenters. The normalized spacial score (nSPS) is 15.3. The molecule has 0 saturated heterocycles. The van der Waals surface area contributed by atoms with E-state index in [-0.39, 0.29) is 6.61 Å². The molecule has 1 aromatic carbocycles. The number of nitrogens with zero attached hydrogens (tertiary/aromatic N) is 2. The molecule has 0 aliphatic heterocycles. The van der Waals surface area contributed by atoms with Crippen LogP contribution >= 0.6 is 11.3 Å². The summed E-state index contributed by atoms with van der Waals surface area (Å²) in [5.74, 6) is 1.77. The molecule has 3 N–H and O–H groups in total. The summed E-state index contributed by atoms with van der Waals surface area (Å²) in [6, 6.07) is 7.67. The Morgan fingerprint density at radius 2 is 1.96 bits per heavy atom. The Hall–Kier alpha value is -1.76. The third kappa shape index (κ3) is 6.52. The van der Waals surface area contributed by atoms with Crippen molar-refractivity contribution >= 4 is 23.5 Å². The van der Waals surface area contributed by atoms with Gasteiger partial charge in [0.25, 0.3) is 0 Å². The predicted octanol–water partition coefficient (Wildman–Crippen LogP) is 4.12. The average Bonchev–Trinajstić information content (AvgIpc) is 3.02. The number of rotatable bonds is 9. The lowest BCUT2D eigenvalue weighted by Crippen LogP contribution is -2.45. The van der Waals surface area contributed by atoms with Crippen molar-refractivity contribution in [2.45, 2.75) is 46.3 Å². The Kier molecular flexibility index (Phi) is 7.32. The summed E-state index contributed by atoms with van der Waals surface area (Å²) in [5.41, 5.74) is 5.60. The molecule has 26 heavy (non-hydrogen) atoms. The van der Waals surface area contributed by atoms with Crippen molar-refractivity contribution in [2.24, 2.45) is 17.6 Å². The fourth-order valence-electron chi connectivity index (χ4n) is 2.38. The van der Waals surface area contributed by atoms with Crippen LogP contribution in [0.15, 0.2) is 24.3 Å². The van der Waals surface area contributed by atoms with Crippen LogP contribution in [0.4, 0.5) is 0 Å². The van der Waals surface area contributed by atoms with Gasteiger partial charge in [0.05, 0.1) is 0 Å². The van der Waals surface area contributed by atoms with Crippen molar-refractivity contribution in [2.75, 3.05) is 6.61 Å². The Balaban J connectivity index is 1.98. The van der Waals surface area contributed by atoms with E-state index in [1.54, 1.807) is 0 Å². The maximum atomic E-state index is 10.4. The SMILES string of the molecule is Cc1nnc(C=Cc2ccccc2OCC(N)(O)CCC(C)C(C)C)s1. The Morgan fingerprint density at radius 1 is 1.23 bits per heavy atom. The van der Waals surface area contributed by atoms with E-state index in [1.165, 1.54) is 11.3 Å². The van der Waals surface area contributed by atoms with Gasteiger partial charge in [0, 0.05) is 5.56 Å². The third-order valence-corrected chi connectivity index (χ3v) is 5.32. The summed E-state index contributed by atoms with van der Waals surface area (Å²) in [7, 11) is 0. The standard InChI is InChI=1S/C20H29N3O2S/c1-14(2)15(3)11-12-20(21,24)13-25-18-8-6-5-7-17(18)9-10-19-23-22-16(4)26-19/h5-10,14-15,24H,11-13,21H2,1-4H3. The van der Waals surface area contributed by atoms with E-state index < -0.39 is 5.72 Å². The highest BCUT2D eigenvalue weighted by Gasteiger charge is 2.24. The molecule has 0 radical (unpaired) electrons. The van der Waals surface area contributed by atoms with Crippen LogP contribution in [-0.2, 0) is 0 Å². The van der Waals surface area contributed by atoms with Crippen LogP contribution in [0, 0.1) is 18.8 Å². The van der Waals surface area contributed by atoms with Crippen LogP contribution in [0.1, 0.15) is 49.2 Å². The Morgan fingerprint density at radius 3 is 2.62 bits per heavy atom. The minimum Gasteiger partial charge on any atom is -0.489 e. The fraction of sp³-hybridized carbons (Fsp3) is 0.500. The molecule has 0 amide bonds. The number of aliphatic hydroxyl groups is 1. The fourth-order valence-corrected chi connectivity index (χ4v) is 2.98. The zero-order valence-corrected chi connectivity index (χ0v) is 16.8. The minimum absolute atomic E-state index is 0.0561. The summed E-state index contributed by atoms with van der Waals surface area (Å²) in [6.07, 6.45) is 5.22. The zero-order valence-electron chi connectivity index (χ0n) is 16.0. The van der Waals surface area contributed by atoms with Crippen LogP contribution < -0.4 is 10.5 Å². The second-order valence-electron chi connectivity index (χ2n) is 7.18. The first kappa shape index (κ1) is 20.6. The maximum absolute atomic E-state index is 10.4. The first-order valence-corrected chi connectivity index (χ1v) is 9.80. The summed E-state index contributed by atoms with van der Waals surface area (Å²) >= 11 is 1.53. The van der Waals surface area contributed by atoms with Gasteiger partial charge in [-0.15, -0.1) is 10.2 Å². The van der Waals surface area contributed by atoms with Crippen LogP contribution in [0.5, 0.6) is 5.75 Å². The van der Waals surface area contributed by atoms with Gasteiger partial charge in [0.2, 0.25) is 0 Å². The number of hydrogen-bond donors (Lipinski definition) is 2. The van der Waals surface area contributed by atoms with Gasteiger partial charge >= 0.3 is 0 Å². The molecule has 0 saturated carbocycles. The molecule has 6 heteroatoms. The van der Waals surface area contributed by atoms with Gasteiger partial charge in [-0.3, -0.25) is 0 Å². The molecule has 2 unspecified atom stereocenters. The van der Waals surface area contributed by atoms with Gasteiger partial charge in [-0.2, -0.15) is 0 Å². The first-order valence-electron chi connectivity index (χ1n) is 8.98. The summed E-state index contributed by atoms with van der Waals surface area (Å²) in [6.45, 7) is 8.52. The highest BCUT2D eigenvalue weighted by atomic mass is 32.1. The number of ether oxygens (including phenoxy) is 1. The highest BCUT2D eigenvalue weighted by Crippen LogP contribution is 2.24. The second-order valence-corrected chi connectivity index (χ2v) is 8.40. The summed E-state index contributed by atoms with van der Waals surface area (Å²) in [5, 5.41) is 20.3. The molecule has 5 nitrogen and oxygen atoms in total. The first-order chi connectivity index (χ1) is 12.3. The Bertz CT molecular complexity index is 725. The topological polar surface area (TPSA) is 81.3 Å². The number of aryl methyl sites for hydroxylation is 1. The Labute approximate surface area is 159 Å². The van der Waals surface area contributed by atoms with Crippen molar-refractivity contribution < 1.29 is 9.84 Å². The molecule has 2 rings (SSSR count). The lowest BCUT2D eigenvalue weighted by molar-refractivity contribution is -0.0123. The third-order valence-electron chi connectivity index (χ3n) is 4.51. The monoisotopic (exact) mass is 375 g/mol.